The molecule has 2 aliphatic rings. The zero-order chi connectivity index (χ0) is 22.3. The molecule has 0 radical (unpaired) electrons. The minimum absolute atomic E-state index is 0.0270. The van der Waals surface area contributed by atoms with E-state index in [1.165, 1.54) is 18.2 Å². The second-order valence-corrected chi connectivity index (χ2v) is 7.30. The Hall–Kier alpha value is -2.88. The van der Waals surface area contributed by atoms with Gasteiger partial charge in [-0.25, -0.2) is 0 Å². The number of hydrogen-bond donors (Lipinski definition) is 2. The molecule has 0 bridgehead atoms. The number of fused-ring (bicyclic) bond motifs is 1. The number of morpholine rings is 1. The Labute approximate surface area is 174 Å². The highest BCUT2D eigenvalue weighted by atomic mass is 19.4. The molecule has 0 amide bonds. The van der Waals surface area contributed by atoms with Gasteiger partial charge in [0.2, 0.25) is 5.66 Å². The van der Waals surface area contributed by atoms with Gasteiger partial charge in [0.05, 0.1) is 24.5 Å². The lowest BCUT2D eigenvalue weighted by molar-refractivity contribution is -0.158. The van der Waals surface area contributed by atoms with Crippen LogP contribution in [-0.4, -0.2) is 38.1 Å². The van der Waals surface area contributed by atoms with Gasteiger partial charge in [0.1, 0.15) is 0 Å². The van der Waals surface area contributed by atoms with Crippen molar-refractivity contribution < 1.29 is 31.1 Å². The van der Waals surface area contributed by atoms with E-state index in [2.05, 4.69) is 10.6 Å². The first-order chi connectivity index (χ1) is 14.6. The van der Waals surface area contributed by atoms with Gasteiger partial charge in [0.25, 0.3) is 0 Å². The van der Waals surface area contributed by atoms with Gasteiger partial charge >= 0.3 is 12.4 Å². The van der Waals surface area contributed by atoms with Gasteiger partial charge in [-0.2, -0.15) is 26.3 Å². The number of para-hydroxylation sites is 1. The molecule has 4 nitrogen and oxygen atoms in total. The molecule has 0 saturated carbocycles. The zero-order valence-electron chi connectivity index (χ0n) is 16.1. The highest BCUT2D eigenvalue weighted by Crippen LogP contribution is 2.45. The molecule has 4 rings (SSSR count). The van der Waals surface area contributed by atoms with Gasteiger partial charge in [-0.15, -0.1) is 0 Å². The molecule has 0 aliphatic carbocycles. The summed E-state index contributed by atoms with van der Waals surface area (Å²) in [5, 5.41) is 4.43. The van der Waals surface area contributed by atoms with E-state index in [-0.39, 0.29) is 11.3 Å². The van der Waals surface area contributed by atoms with Gasteiger partial charge in [0, 0.05) is 24.5 Å². The van der Waals surface area contributed by atoms with E-state index in [1.807, 2.05) is 4.90 Å². The maximum atomic E-state index is 14.1. The van der Waals surface area contributed by atoms with Crippen LogP contribution in [0.15, 0.2) is 48.5 Å². The van der Waals surface area contributed by atoms with E-state index in [1.54, 1.807) is 12.1 Å². The fourth-order valence-electron chi connectivity index (χ4n) is 3.65. The third-order valence-corrected chi connectivity index (χ3v) is 5.27. The molecule has 10 heteroatoms. The number of benzene rings is 2. The lowest BCUT2D eigenvalue weighted by Gasteiger charge is -2.39. The van der Waals surface area contributed by atoms with Gasteiger partial charge in [-0.05, 0) is 42.0 Å². The third kappa shape index (κ3) is 4.16. The molecule has 2 aromatic rings. The van der Waals surface area contributed by atoms with Crippen LogP contribution in [0.4, 0.5) is 43.4 Å². The van der Waals surface area contributed by atoms with Crippen molar-refractivity contribution in [2.45, 2.75) is 18.0 Å². The summed E-state index contributed by atoms with van der Waals surface area (Å²) >= 11 is 0. The molecule has 1 atom stereocenters. The average molecular weight is 443 g/mol. The van der Waals surface area contributed by atoms with Crippen molar-refractivity contribution in [3.63, 3.8) is 0 Å². The smallest absolute Gasteiger partial charge is 0.378 e. The van der Waals surface area contributed by atoms with Crippen molar-refractivity contribution in [3.05, 3.63) is 59.7 Å². The molecule has 1 fully saturated rings. The number of halogens is 6. The van der Waals surface area contributed by atoms with Crippen molar-refractivity contribution in [2.24, 2.45) is 0 Å². The molecule has 0 unspecified atom stereocenters. The van der Waals surface area contributed by atoms with Crippen LogP contribution in [0.2, 0.25) is 0 Å². The van der Waals surface area contributed by atoms with E-state index < -0.39 is 29.3 Å². The quantitative estimate of drug-likeness (QED) is 0.627. The predicted molar refractivity (Wildman–Crippen MR) is 106 cm³/mol. The molecule has 1 saturated heterocycles. The molecule has 31 heavy (non-hydrogen) atoms. The van der Waals surface area contributed by atoms with Crippen molar-refractivity contribution in [3.8, 4) is 0 Å². The van der Waals surface area contributed by atoms with Gasteiger partial charge in [-0.1, -0.05) is 18.2 Å². The van der Waals surface area contributed by atoms with Crippen molar-refractivity contribution >= 4 is 23.1 Å². The normalized spacial score (nSPS) is 21.4. The van der Waals surface area contributed by atoms with Crippen LogP contribution in [0.1, 0.15) is 11.1 Å². The fraction of sp³-hybridized carbons (Fsp3) is 0.333. The SMILES string of the molecule is FC(F)(F)c1cccc2c1N[C@](Nc1ccc(N3CCOCC3)cc1)(C(F)(F)F)C=C2. The number of rotatable bonds is 3. The van der Waals surface area contributed by atoms with Gasteiger partial charge < -0.3 is 20.3 Å². The average Bonchev–Trinajstić information content (AvgIpc) is 2.73. The van der Waals surface area contributed by atoms with Gasteiger partial charge in [-0.3, -0.25) is 0 Å². The second kappa shape index (κ2) is 7.67. The van der Waals surface area contributed by atoms with Crippen LogP contribution in [-0.2, 0) is 10.9 Å². The van der Waals surface area contributed by atoms with Crippen LogP contribution in [0.25, 0.3) is 6.08 Å². The van der Waals surface area contributed by atoms with E-state index in [0.29, 0.717) is 26.3 Å². The molecule has 2 aliphatic heterocycles. The summed E-state index contributed by atoms with van der Waals surface area (Å²) in [5.41, 5.74) is -3.72. The number of hydrogen-bond acceptors (Lipinski definition) is 4. The van der Waals surface area contributed by atoms with Crippen molar-refractivity contribution in [1.82, 2.24) is 0 Å². The predicted octanol–water partition coefficient (Wildman–Crippen LogP) is 5.35. The van der Waals surface area contributed by atoms with Crippen LogP contribution < -0.4 is 15.5 Å². The molecule has 0 aromatic heterocycles. The van der Waals surface area contributed by atoms with Crippen LogP contribution in [0, 0.1) is 0 Å². The Kier molecular flexibility index (Phi) is 5.28. The van der Waals surface area contributed by atoms with Crippen molar-refractivity contribution in [2.75, 3.05) is 41.8 Å². The molecule has 166 valence electrons. The first-order valence-electron chi connectivity index (χ1n) is 9.54. The summed E-state index contributed by atoms with van der Waals surface area (Å²) in [7, 11) is 0. The maximum Gasteiger partial charge on any atom is 0.434 e. The van der Waals surface area contributed by atoms with E-state index in [4.69, 9.17) is 4.74 Å². The second-order valence-electron chi connectivity index (χ2n) is 7.30. The van der Waals surface area contributed by atoms with Crippen molar-refractivity contribution in [1.29, 1.82) is 0 Å². The first kappa shape index (κ1) is 21.4. The highest BCUT2D eigenvalue weighted by molar-refractivity contribution is 5.77. The lowest BCUT2D eigenvalue weighted by Crippen LogP contribution is -2.57. The Morgan fingerprint density at radius 2 is 1.61 bits per heavy atom. The zero-order valence-corrected chi connectivity index (χ0v) is 16.1. The van der Waals surface area contributed by atoms with Crippen LogP contribution in [0.5, 0.6) is 0 Å². The van der Waals surface area contributed by atoms with E-state index in [0.717, 1.165) is 30.0 Å². The summed E-state index contributed by atoms with van der Waals surface area (Å²) in [6.45, 7) is 2.46. The van der Waals surface area contributed by atoms with Crippen LogP contribution >= 0.6 is 0 Å². The third-order valence-electron chi connectivity index (χ3n) is 5.27. The largest absolute Gasteiger partial charge is 0.434 e. The number of anilines is 3. The summed E-state index contributed by atoms with van der Waals surface area (Å²) < 4.78 is 87.7. The highest BCUT2D eigenvalue weighted by Gasteiger charge is 2.56. The number of ether oxygens (including phenoxy) is 1. The summed E-state index contributed by atoms with van der Waals surface area (Å²) in [4.78, 5) is 2.04. The first-order valence-corrected chi connectivity index (χ1v) is 9.54. The minimum Gasteiger partial charge on any atom is -0.378 e. The maximum absolute atomic E-state index is 14.1. The molecular weight excluding hydrogens is 424 g/mol. The number of nitrogens with one attached hydrogen (secondary N) is 2. The van der Waals surface area contributed by atoms with Gasteiger partial charge in [0.15, 0.2) is 0 Å². The van der Waals surface area contributed by atoms with Crippen LogP contribution in [0.3, 0.4) is 0 Å². The Morgan fingerprint density at radius 1 is 0.935 bits per heavy atom. The Morgan fingerprint density at radius 3 is 2.23 bits per heavy atom. The Balaban J connectivity index is 1.65. The standard InChI is InChI=1S/C21H19F6N3O/c22-20(23,24)17-3-1-2-14-8-9-19(21(25,26)27,29-18(14)17)28-15-4-6-16(7-5-15)30-10-12-31-13-11-30/h1-9,28-29H,10-13H2/t19-/m0/s1. The monoisotopic (exact) mass is 443 g/mol. The lowest BCUT2D eigenvalue weighted by atomic mass is 9.96. The Bertz CT molecular complexity index is 965. The molecule has 2 aromatic carbocycles. The number of nitrogens with zero attached hydrogens (tertiary/aromatic N) is 1. The molecule has 2 heterocycles. The molecule has 2 N–H and O–H groups in total. The summed E-state index contributed by atoms with van der Waals surface area (Å²) in [6.07, 6.45) is -7.89. The summed E-state index contributed by atoms with van der Waals surface area (Å²) in [5.74, 6) is 0. The van der Waals surface area contributed by atoms with E-state index in [9.17, 15) is 26.3 Å². The fourth-order valence-corrected chi connectivity index (χ4v) is 3.65. The number of alkyl halides is 6. The van der Waals surface area contributed by atoms with E-state index >= 15 is 0 Å². The topological polar surface area (TPSA) is 36.5 Å². The minimum atomic E-state index is -4.93. The summed E-state index contributed by atoms with van der Waals surface area (Å²) in [6, 6.07) is 9.51. The molecule has 0 spiro atoms. The molecular formula is C21H19F6N3O.